The highest BCUT2D eigenvalue weighted by molar-refractivity contribution is 5.67. The van der Waals surface area contributed by atoms with Crippen molar-refractivity contribution in [2.24, 2.45) is 0 Å². The number of anilines is 3. The zero-order valence-electron chi connectivity index (χ0n) is 6.13. The summed E-state index contributed by atoms with van der Waals surface area (Å²) in [5, 5.41) is 11.8. The molecule has 0 fully saturated rings. The number of rotatable bonds is 1. The van der Waals surface area contributed by atoms with Crippen molar-refractivity contribution in [1.29, 1.82) is 0 Å². The van der Waals surface area contributed by atoms with Gasteiger partial charge in [-0.15, -0.1) is 0 Å². The lowest BCUT2D eigenvalue weighted by atomic mass is 10.3. The van der Waals surface area contributed by atoms with E-state index in [1.807, 2.05) is 0 Å². The summed E-state index contributed by atoms with van der Waals surface area (Å²) in [7, 11) is 1.64. The Kier molecular flexibility index (Phi) is 1.72. The van der Waals surface area contributed by atoms with Gasteiger partial charge < -0.3 is 21.9 Å². The van der Waals surface area contributed by atoms with E-state index in [0.29, 0.717) is 5.82 Å². The Balaban J connectivity index is 3.21. The molecule has 1 aromatic rings. The van der Waals surface area contributed by atoms with E-state index in [4.69, 9.17) is 16.6 Å². The Morgan fingerprint density at radius 3 is 2.73 bits per heavy atom. The lowest BCUT2D eigenvalue weighted by Gasteiger charge is -2.04. The molecule has 11 heavy (non-hydrogen) atoms. The van der Waals surface area contributed by atoms with Crippen LogP contribution in [0.2, 0.25) is 0 Å². The molecule has 60 valence electrons. The van der Waals surface area contributed by atoms with E-state index in [0.717, 1.165) is 0 Å². The van der Waals surface area contributed by atoms with Gasteiger partial charge in [-0.05, 0) is 0 Å². The summed E-state index contributed by atoms with van der Waals surface area (Å²) in [5.41, 5.74) is 11.0. The summed E-state index contributed by atoms with van der Waals surface area (Å²) < 4.78 is 0. The van der Waals surface area contributed by atoms with Crippen LogP contribution >= 0.6 is 0 Å². The van der Waals surface area contributed by atoms with Gasteiger partial charge in [0.25, 0.3) is 0 Å². The molecule has 6 N–H and O–H groups in total. The van der Waals surface area contributed by atoms with Crippen molar-refractivity contribution in [3.63, 3.8) is 0 Å². The molecule has 0 saturated heterocycles. The summed E-state index contributed by atoms with van der Waals surface area (Å²) in [5.74, 6) is 0.544. The molecule has 0 aliphatic heterocycles. The third-order valence-corrected chi connectivity index (χ3v) is 1.30. The quantitative estimate of drug-likeness (QED) is 0.456. The van der Waals surface area contributed by atoms with E-state index in [-0.39, 0.29) is 17.3 Å². The lowest BCUT2D eigenvalue weighted by molar-refractivity contribution is 0.476. The summed E-state index contributed by atoms with van der Waals surface area (Å²) in [6, 6.07) is 1.36. The van der Waals surface area contributed by atoms with Crippen LogP contribution in [0.1, 0.15) is 0 Å². The fourth-order valence-corrected chi connectivity index (χ4v) is 0.716. The smallest absolute Gasteiger partial charge is 0.170 e. The van der Waals surface area contributed by atoms with Crippen molar-refractivity contribution in [2.75, 3.05) is 23.8 Å². The number of aromatic hydroxyl groups is 1. The normalized spacial score (nSPS) is 9.55. The van der Waals surface area contributed by atoms with Crippen LogP contribution in [-0.2, 0) is 0 Å². The second-order valence-corrected chi connectivity index (χ2v) is 2.08. The molecule has 0 bridgehead atoms. The minimum atomic E-state index is -0.000741. The molecule has 0 aromatic carbocycles. The minimum Gasteiger partial charge on any atom is -0.504 e. The van der Waals surface area contributed by atoms with Gasteiger partial charge in [-0.25, -0.2) is 4.98 Å². The van der Waals surface area contributed by atoms with Crippen LogP contribution in [0.15, 0.2) is 6.07 Å². The standard InChI is InChI=1S/C6H10N4O/c1-9-6-4(11)2-3(7)5(8)10-6/h2,11H,7H2,1H3,(H3,8,9,10). The Morgan fingerprint density at radius 2 is 2.18 bits per heavy atom. The fraction of sp³-hybridized carbons (Fsp3) is 0.167. The number of pyridine rings is 1. The topological polar surface area (TPSA) is 97.2 Å². The Hall–Kier alpha value is -1.65. The van der Waals surface area contributed by atoms with E-state index in [9.17, 15) is 0 Å². The van der Waals surface area contributed by atoms with Gasteiger partial charge in [0.05, 0.1) is 5.69 Å². The summed E-state index contributed by atoms with van der Waals surface area (Å²) in [6.45, 7) is 0. The molecular formula is C6H10N4O. The predicted octanol–water partition coefficient (Wildman–Crippen LogP) is -0.00670. The van der Waals surface area contributed by atoms with Crippen LogP contribution in [0.4, 0.5) is 17.3 Å². The number of nitrogens with zero attached hydrogens (tertiary/aromatic N) is 1. The van der Waals surface area contributed by atoms with E-state index >= 15 is 0 Å². The summed E-state index contributed by atoms with van der Waals surface area (Å²) in [4.78, 5) is 3.78. The van der Waals surface area contributed by atoms with E-state index in [1.165, 1.54) is 6.07 Å². The fourth-order valence-electron chi connectivity index (χ4n) is 0.716. The van der Waals surface area contributed by atoms with Crippen molar-refractivity contribution < 1.29 is 5.11 Å². The number of nitrogens with one attached hydrogen (secondary N) is 1. The molecular weight excluding hydrogens is 144 g/mol. The molecule has 1 aromatic heterocycles. The van der Waals surface area contributed by atoms with Gasteiger partial charge in [-0.3, -0.25) is 0 Å². The molecule has 0 spiro atoms. The third-order valence-electron chi connectivity index (χ3n) is 1.30. The second kappa shape index (κ2) is 2.53. The van der Waals surface area contributed by atoms with Crippen LogP contribution in [0, 0.1) is 0 Å². The number of hydrogen-bond donors (Lipinski definition) is 4. The number of nitrogen functional groups attached to an aromatic ring is 2. The SMILES string of the molecule is CNc1nc(N)c(N)cc1O. The van der Waals surface area contributed by atoms with Crippen LogP contribution < -0.4 is 16.8 Å². The monoisotopic (exact) mass is 154 g/mol. The van der Waals surface area contributed by atoms with E-state index in [2.05, 4.69) is 10.3 Å². The zero-order chi connectivity index (χ0) is 8.43. The highest BCUT2D eigenvalue weighted by Crippen LogP contribution is 2.25. The minimum absolute atomic E-state index is 0.000741. The molecule has 1 heterocycles. The molecule has 0 aliphatic carbocycles. The van der Waals surface area contributed by atoms with E-state index < -0.39 is 0 Å². The van der Waals surface area contributed by atoms with Crippen LogP contribution in [-0.4, -0.2) is 17.1 Å². The largest absolute Gasteiger partial charge is 0.504 e. The van der Waals surface area contributed by atoms with Gasteiger partial charge in [0, 0.05) is 13.1 Å². The number of nitrogens with two attached hydrogens (primary N) is 2. The van der Waals surface area contributed by atoms with Crippen molar-refractivity contribution in [1.82, 2.24) is 4.98 Å². The van der Waals surface area contributed by atoms with Gasteiger partial charge >= 0.3 is 0 Å². The van der Waals surface area contributed by atoms with Crippen LogP contribution in [0.3, 0.4) is 0 Å². The first-order chi connectivity index (χ1) is 5.15. The zero-order valence-corrected chi connectivity index (χ0v) is 6.13. The average molecular weight is 154 g/mol. The highest BCUT2D eigenvalue weighted by atomic mass is 16.3. The molecule has 0 aliphatic rings. The molecule has 0 atom stereocenters. The van der Waals surface area contributed by atoms with Gasteiger partial charge in [0.15, 0.2) is 11.6 Å². The Morgan fingerprint density at radius 1 is 1.55 bits per heavy atom. The van der Waals surface area contributed by atoms with Crippen molar-refractivity contribution in [3.05, 3.63) is 6.07 Å². The third kappa shape index (κ3) is 1.26. The summed E-state index contributed by atoms with van der Waals surface area (Å²) in [6.07, 6.45) is 0. The van der Waals surface area contributed by atoms with Gasteiger partial charge in [0.1, 0.15) is 5.82 Å². The first-order valence-electron chi connectivity index (χ1n) is 3.08. The lowest BCUT2D eigenvalue weighted by Crippen LogP contribution is -2.01. The molecule has 0 saturated carbocycles. The maximum atomic E-state index is 9.16. The maximum absolute atomic E-state index is 9.16. The number of aromatic nitrogens is 1. The first kappa shape index (κ1) is 7.46. The first-order valence-corrected chi connectivity index (χ1v) is 3.08. The van der Waals surface area contributed by atoms with Crippen molar-refractivity contribution in [3.8, 4) is 5.75 Å². The average Bonchev–Trinajstić information content (AvgIpc) is 1.97. The van der Waals surface area contributed by atoms with Gasteiger partial charge in [0.2, 0.25) is 0 Å². The molecule has 5 nitrogen and oxygen atoms in total. The van der Waals surface area contributed by atoms with Crippen molar-refractivity contribution >= 4 is 17.3 Å². The maximum Gasteiger partial charge on any atom is 0.170 e. The van der Waals surface area contributed by atoms with Crippen LogP contribution in [0.25, 0.3) is 0 Å². The van der Waals surface area contributed by atoms with Crippen LogP contribution in [0.5, 0.6) is 5.75 Å². The second-order valence-electron chi connectivity index (χ2n) is 2.08. The molecule has 0 radical (unpaired) electrons. The molecule has 5 heteroatoms. The predicted molar refractivity (Wildman–Crippen MR) is 44.3 cm³/mol. The Bertz CT molecular complexity index is 274. The number of hydrogen-bond acceptors (Lipinski definition) is 5. The Labute approximate surface area is 64.0 Å². The highest BCUT2D eigenvalue weighted by Gasteiger charge is 2.03. The molecule has 1 rings (SSSR count). The summed E-state index contributed by atoms with van der Waals surface area (Å²) >= 11 is 0. The van der Waals surface area contributed by atoms with Gasteiger partial charge in [-0.2, -0.15) is 0 Å². The van der Waals surface area contributed by atoms with Gasteiger partial charge in [-0.1, -0.05) is 0 Å². The molecule has 0 unspecified atom stereocenters. The molecule has 0 amide bonds. The van der Waals surface area contributed by atoms with E-state index in [1.54, 1.807) is 7.05 Å². The van der Waals surface area contributed by atoms with Crippen molar-refractivity contribution in [2.45, 2.75) is 0 Å².